The summed E-state index contributed by atoms with van der Waals surface area (Å²) in [6.45, 7) is 7.51. The fraction of sp³-hybridized carbons (Fsp3) is 0.345. The molecule has 0 radical (unpaired) electrons. The zero-order valence-corrected chi connectivity index (χ0v) is 22.6. The van der Waals surface area contributed by atoms with Crippen LogP contribution in [0.2, 0.25) is 0 Å². The molecular weight excluding hydrogens is 504 g/mol. The highest BCUT2D eigenvalue weighted by atomic mass is 32.1. The van der Waals surface area contributed by atoms with Gasteiger partial charge in [0.15, 0.2) is 16.6 Å². The average molecular weight is 537 g/mol. The minimum Gasteiger partial charge on any atom is -0.507 e. The number of carbonyl (C=O) groups excluding carboxylic acids is 2. The summed E-state index contributed by atoms with van der Waals surface area (Å²) in [6.07, 6.45) is 4.34. The van der Waals surface area contributed by atoms with Gasteiger partial charge in [-0.05, 0) is 61.7 Å². The predicted octanol–water partition coefficient (Wildman–Crippen LogP) is 6.14. The van der Waals surface area contributed by atoms with Gasteiger partial charge in [0.05, 0.1) is 31.4 Å². The van der Waals surface area contributed by atoms with Crippen LogP contribution in [0, 0.1) is 0 Å². The van der Waals surface area contributed by atoms with Gasteiger partial charge in [-0.15, -0.1) is 11.3 Å². The number of unbranched alkanes of at least 4 members (excludes halogenated alkanes) is 1. The molecule has 4 rings (SSSR count). The number of hydrogen-bond donors (Lipinski definition) is 1. The third-order valence-electron chi connectivity index (χ3n) is 6.01. The SMILES string of the molecule is CCCCOc1ccc(C2C(=C(O)c3ccc(OCCC)cc3)C(=O)C(=O)N2c2nccs2)cc1OCC. The molecule has 0 spiro atoms. The Morgan fingerprint density at radius 1 is 0.974 bits per heavy atom. The molecule has 2 aromatic carbocycles. The summed E-state index contributed by atoms with van der Waals surface area (Å²) in [6, 6.07) is 11.2. The van der Waals surface area contributed by atoms with E-state index < -0.39 is 17.7 Å². The van der Waals surface area contributed by atoms with Gasteiger partial charge >= 0.3 is 5.91 Å². The highest BCUT2D eigenvalue weighted by Gasteiger charge is 2.48. The van der Waals surface area contributed by atoms with Gasteiger partial charge in [-0.2, -0.15) is 0 Å². The lowest BCUT2D eigenvalue weighted by Crippen LogP contribution is -2.29. The Balaban J connectivity index is 1.81. The van der Waals surface area contributed by atoms with E-state index >= 15 is 0 Å². The summed E-state index contributed by atoms with van der Waals surface area (Å²) in [4.78, 5) is 32.3. The first kappa shape index (κ1) is 27.2. The Bertz CT molecular complexity index is 1290. The monoisotopic (exact) mass is 536 g/mol. The lowest BCUT2D eigenvalue weighted by atomic mass is 9.95. The van der Waals surface area contributed by atoms with Gasteiger partial charge < -0.3 is 19.3 Å². The van der Waals surface area contributed by atoms with E-state index in [1.54, 1.807) is 54.0 Å². The number of aromatic nitrogens is 1. The molecule has 1 aliphatic heterocycles. The number of Topliss-reactive ketones (excluding diaryl/α,β-unsaturated/α-hetero) is 1. The van der Waals surface area contributed by atoms with E-state index in [4.69, 9.17) is 14.2 Å². The van der Waals surface area contributed by atoms with Gasteiger partial charge in [-0.1, -0.05) is 26.3 Å². The summed E-state index contributed by atoms with van der Waals surface area (Å²) in [5.74, 6) is -0.0640. The summed E-state index contributed by atoms with van der Waals surface area (Å²) in [7, 11) is 0. The van der Waals surface area contributed by atoms with E-state index in [0.29, 0.717) is 53.3 Å². The van der Waals surface area contributed by atoms with Crippen molar-refractivity contribution in [1.29, 1.82) is 0 Å². The number of nitrogens with zero attached hydrogens (tertiary/aromatic N) is 2. The van der Waals surface area contributed by atoms with Crippen molar-refractivity contribution in [2.24, 2.45) is 0 Å². The Morgan fingerprint density at radius 3 is 2.42 bits per heavy atom. The van der Waals surface area contributed by atoms with Crippen molar-refractivity contribution in [2.75, 3.05) is 24.7 Å². The van der Waals surface area contributed by atoms with Crippen LogP contribution in [-0.2, 0) is 9.59 Å². The molecule has 1 aromatic heterocycles. The zero-order valence-electron chi connectivity index (χ0n) is 21.8. The molecular formula is C29H32N2O6S. The number of hydrogen-bond acceptors (Lipinski definition) is 8. The first-order chi connectivity index (χ1) is 18.5. The highest BCUT2D eigenvalue weighted by molar-refractivity contribution is 7.14. The van der Waals surface area contributed by atoms with Gasteiger partial charge in [0.1, 0.15) is 11.5 Å². The molecule has 200 valence electrons. The summed E-state index contributed by atoms with van der Waals surface area (Å²) < 4.78 is 17.4. The minimum absolute atomic E-state index is 0.0190. The third kappa shape index (κ3) is 5.67. The first-order valence-corrected chi connectivity index (χ1v) is 13.7. The quantitative estimate of drug-likeness (QED) is 0.129. The van der Waals surface area contributed by atoms with Gasteiger partial charge in [-0.3, -0.25) is 14.5 Å². The number of amides is 1. The fourth-order valence-corrected chi connectivity index (χ4v) is 4.84. The molecule has 1 saturated heterocycles. The lowest BCUT2D eigenvalue weighted by molar-refractivity contribution is -0.132. The second-order valence-electron chi connectivity index (χ2n) is 8.70. The molecule has 1 aliphatic rings. The predicted molar refractivity (Wildman–Crippen MR) is 147 cm³/mol. The number of benzene rings is 2. The Hall–Kier alpha value is -3.85. The highest BCUT2D eigenvalue weighted by Crippen LogP contribution is 2.44. The van der Waals surface area contributed by atoms with Crippen molar-refractivity contribution in [1.82, 2.24) is 4.98 Å². The average Bonchev–Trinajstić information content (AvgIpc) is 3.55. The Labute approximate surface area is 226 Å². The normalized spacial score (nSPS) is 16.6. The molecule has 0 bridgehead atoms. The van der Waals surface area contributed by atoms with Crippen molar-refractivity contribution in [2.45, 2.75) is 46.1 Å². The molecule has 1 atom stereocenters. The molecule has 0 aliphatic carbocycles. The van der Waals surface area contributed by atoms with Crippen molar-refractivity contribution < 1.29 is 28.9 Å². The second-order valence-corrected chi connectivity index (χ2v) is 9.57. The number of ether oxygens (including phenoxy) is 3. The molecule has 1 fully saturated rings. The van der Waals surface area contributed by atoms with Crippen LogP contribution in [0.1, 0.15) is 57.2 Å². The summed E-state index contributed by atoms with van der Waals surface area (Å²) >= 11 is 1.24. The number of aliphatic hydroxyl groups excluding tert-OH is 1. The molecule has 1 unspecified atom stereocenters. The van der Waals surface area contributed by atoms with Crippen LogP contribution in [0.5, 0.6) is 17.2 Å². The summed E-state index contributed by atoms with van der Waals surface area (Å²) in [5, 5.41) is 13.5. The standard InChI is InChI=1S/C29H32N2O6S/c1-4-7-16-37-22-13-10-20(18-23(22)35-6-3)25-24(27(33)28(34)31(25)29-30-14-17-38-29)26(32)19-8-11-21(12-9-19)36-15-5-2/h8-14,17-18,25,32H,4-7,15-16H2,1-3H3. The lowest BCUT2D eigenvalue weighted by Gasteiger charge is -2.24. The number of rotatable bonds is 12. The van der Waals surface area contributed by atoms with Crippen LogP contribution < -0.4 is 19.1 Å². The second kappa shape index (κ2) is 12.6. The largest absolute Gasteiger partial charge is 0.507 e. The third-order valence-corrected chi connectivity index (χ3v) is 6.78. The maximum atomic E-state index is 13.4. The van der Waals surface area contributed by atoms with Crippen LogP contribution >= 0.6 is 11.3 Å². The van der Waals surface area contributed by atoms with Crippen LogP contribution in [0.4, 0.5) is 5.13 Å². The van der Waals surface area contributed by atoms with Gasteiger partial charge in [0.25, 0.3) is 5.78 Å². The Morgan fingerprint density at radius 2 is 1.76 bits per heavy atom. The fourth-order valence-electron chi connectivity index (χ4n) is 4.17. The van der Waals surface area contributed by atoms with E-state index in [-0.39, 0.29) is 11.3 Å². The molecule has 2 heterocycles. The van der Waals surface area contributed by atoms with Crippen LogP contribution in [0.3, 0.4) is 0 Å². The number of anilines is 1. The van der Waals surface area contributed by atoms with E-state index in [1.807, 2.05) is 13.8 Å². The molecule has 38 heavy (non-hydrogen) atoms. The molecule has 1 amide bonds. The van der Waals surface area contributed by atoms with E-state index in [9.17, 15) is 14.7 Å². The van der Waals surface area contributed by atoms with E-state index in [0.717, 1.165) is 19.3 Å². The first-order valence-electron chi connectivity index (χ1n) is 12.8. The molecule has 3 aromatic rings. The van der Waals surface area contributed by atoms with Crippen molar-refractivity contribution in [3.63, 3.8) is 0 Å². The smallest absolute Gasteiger partial charge is 0.301 e. The minimum atomic E-state index is -0.902. The Kier molecular flexibility index (Phi) is 9.02. The maximum absolute atomic E-state index is 13.4. The molecule has 9 heteroatoms. The topological polar surface area (TPSA) is 98.2 Å². The number of carbonyl (C=O) groups is 2. The van der Waals surface area contributed by atoms with Gasteiger partial charge in [0.2, 0.25) is 0 Å². The summed E-state index contributed by atoms with van der Waals surface area (Å²) in [5.41, 5.74) is 0.977. The van der Waals surface area contributed by atoms with Crippen molar-refractivity contribution in [3.8, 4) is 17.2 Å². The molecule has 1 N–H and O–H groups in total. The molecule has 0 saturated carbocycles. The van der Waals surface area contributed by atoms with Crippen LogP contribution in [0.25, 0.3) is 5.76 Å². The number of ketones is 1. The number of thiazole rings is 1. The van der Waals surface area contributed by atoms with Crippen LogP contribution in [-0.4, -0.2) is 41.6 Å². The van der Waals surface area contributed by atoms with E-state index in [2.05, 4.69) is 11.9 Å². The van der Waals surface area contributed by atoms with Crippen molar-refractivity contribution in [3.05, 3.63) is 70.7 Å². The number of aliphatic hydroxyl groups is 1. The van der Waals surface area contributed by atoms with E-state index in [1.165, 1.54) is 16.2 Å². The maximum Gasteiger partial charge on any atom is 0.301 e. The molecule has 8 nitrogen and oxygen atoms in total. The van der Waals surface area contributed by atoms with Gasteiger partial charge in [-0.25, -0.2) is 4.98 Å². The van der Waals surface area contributed by atoms with Crippen LogP contribution in [0.15, 0.2) is 59.6 Å². The zero-order chi connectivity index (χ0) is 27.1. The van der Waals surface area contributed by atoms with Crippen molar-refractivity contribution >= 4 is 33.9 Å². The van der Waals surface area contributed by atoms with Gasteiger partial charge in [0, 0.05) is 17.1 Å².